The fraction of sp³-hybridized carbons (Fsp3) is 0.467. The lowest BCUT2D eigenvalue weighted by Crippen LogP contribution is -2.23. The molecular formula is C15H19N3O. The van der Waals surface area contributed by atoms with Crippen molar-refractivity contribution in [3.63, 3.8) is 0 Å². The van der Waals surface area contributed by atoms with Crippen LogP contribution in [0.1, 0.15) is 37.7 Å². The van der Waals surface area contributed by atoms with E-state index in [0.717, 1.165) is 10.9 Å². The highest BCUT2D eigenvalue weighted by molar-refractivity contribution is 5.85. The molecule has 0 spiro atoms. The maximum Gasteiger partial charge on any atom is 0.223 e. The molecule has 1 aliphatic carbocycles. The van der Waals surface area contributed by atoms with Crippen molar-refractivity contribution in [2.24, 2.45) is 0 Å². The van der Waals surface area contributed by atoms with Crippen molar-refractivity contribution in [2.45, 2.75) is 45.1 Å². The maximum atomic E-state index is 10.1. The van der Waals surface area contributed by atoms with E-state index in [0.29, 0.717) is 17.5 Å². The molecule has 0 unspecified atom stereocenters. The fourth-order valence-corrected chi connectivity index (χ4v) is 2.68. The molecule has 2 N–H and O–H groups in total. The molecule has 0 radical (unpaired) electrons. The van der Waals surface area contributed by atoms with E-state index in [-0.39, 0.29) is 5.75 Å². The second-order valence-electron chi connectivity index (χ2n) is 5.34. The fourth-order valence-electron chi connectivity index (χ4n) is 2.68. The lowest BCUT2D eigenvalue weighted by Gasteiger charge is -2.22. The Balaban J connectivity index is 1.90. The lowest BCUT2D eigenvalue weighted by molar-refractivity contribution is 0.460. The van der Waals surface area contributed by atoms with Crippen LogP contribution in [0.5, 0.6) is 5.75 Å². The van der Waals surface area contributed by atoms with Crippen molar-refractivity contribution < 1.29 is 5.11 Å². The first-order valence-corrected chi connectivity index (χ1v) is 6.96. The lowest BCUT2D eigenvalue weighted by atomic mass is 9.96. The largest absolute Gasteiger partial charge is 0.505 e. The van der Waals surface area contributed by atoms with Gasteiger partial charge in [0.2, 0.25) is 5.95 Å². The van der Waals surface area contributed by atoms with Gasteiger partial charge in [0.25, 0.3) is 0 Å². The number of phenols is 1. The van der Waals surface area contributed by atoms with Crippen LogP contribution >= 0.6 is 0 Å². The molecule has 1 aromatic carbocycles. The number of rotatable bonds is 2. The van der Waals surface area contributed by atoms with Gasteiger partial charge in [-0.1, -0.05) is 31.4 Å². The summed E-state index contributed by atoms with van der Waals surface area (Å²) >= 11 is 0. The minimum atomic E-state index is 0.256. The van der Waals surface area contributed by atoms with Gasteiger partial charge in [0.1, 0.15) is 11.3 Å². The molecule has 1 heterocycles. The first kappa shape index (κ1) is 12.2. The molecule has 2 aromatic rings. The van der Waals surface area contributed by atoms with E-state index >= 15 is 0 Å². The first-order chi connectivity index (χ1) is 9.24. The Morgan fingerprint density at radius 2 is 2.00 bits per heavy atom. The summed E-state index contributed by atoms with van der Waals surface area (Å²) in [7, 11) is 0. The molecule has 1 fully saturated rings. The number of phenolic OH excluding ortho intramolecular Hbond substituents is 1. The van der Waals surface area contributed by atoms with Gasteiger partial charge in [-0.05, 0) is 25.3 Å². The van der Waals surface area contributed by atoms with Crippen LogP contribution in [0.25, 0.3) is 10.9 Å². The number of anilines is 1. The number of aryl methyl sites for hydroxylation is 1. The average molecular weight is 257 g/mol. The van der Waals surface area contributed by atoms with Crippen LogP contribution in [-0.4, -0.2) is 21.1 Å². The van der Waals surface area contributed by atoms with E-state index in [2.05, 4.69) is 15.3 Å². The molecule has 19 heavy (non-hydrogen) atoms. The molecule has 0 amide bonds. The summed E-state index contributed by atoms with van der Waals surface area (Å²) in [6, 6.07) is 4.29. The van der Waals surface area contributed by atoms with Crippen LogP contribution in [0.3, 0.4) is 0 Å². The molecule has 1 aliphatic rings. The first-order valence-electron chi connectivity index (χ1n) is 6.96. The number of aromatic nitrogens is 2. The van der Waals surface area contributed by atoms with E-state index in [1.165, 1.54) is 32.1 Å². The molecule has 0 saturated heterocycles. The van der Waals surface area contributed by atoms with Crippen molar-refractivity contribution in [2.75, 3.05) is 5.32 Å². The van der Waals surface area contributed by atoms with E-state index < -0.39 is 0 Å². The zero-order valence-corrected chi connectivity index (χ0v) is 11.2. The van der Waals surface area contributed by atoms with Crippen molar-refractivity contribution in [1.82, 2.24) is 9.97 Å². The quantitative estimate of drug-likeness (QED) is 0.865. The second kappa shape index (κ2) is 5.03. The Kier molecular flexibility index (Phi) is 3.23. The predicted octanol–water partition coefficient (Wildman–Crippen LogP) is 3.39. The number of fused-ring (bicyclic) bond motifs is 1. The van der Waals surface area contributed by atoms with Gasteiger partial charge < -0.3 is 10.4 Å². The number of hydrogen-bond donors (Lipinski definition) is 2. The minimum Gasteiger partial charge on any atom is -0.505 e. The van der Waals surface area contributed by atoms with Crippen molar-refractivity contribution in [3.8, 4) is 5.75 Å². The number of hydrogen-bond acceptors (Lipinski definition) is 4. The molecule has 1 aromatic heterocycles. The predicted molar refractivity (Wildman–Crippen MR) is 76.4 cm³/mol. The van der Waals surface area contributed by atoms with Gasteiger partial charge in [-0.15, -0.1) is 0 Å². The van der Waals surface area contributed by atoms with Gasteiger partial charge >= 0.3 is 0 Å². The molecule has 0 atom stereocenters. The minimum absolute atomic E-state index is 0.256. The van der Waals surface area contributed by atoms with Crippen LogP contribution in [0, 0.1) is 6.92 Å². The zero-order valence-electron chi connectivity index (χ0n) is 11.2. The Morgan fingerprint density at radius 3 is 2.79 bits per heavy atom. The summed E-state index contributed by atoms with van der Waals surface area (Å²) in [6.07, 6.45) is 8.01. The Hall–Kier alpha value is -1.84. The monoisotopic (exact) mass is 257 g/mol. The Bertz CT molecular complexity index is 591. The highest BCUT2D eigenvalue weighted by Gasteiger charge is 2.14. The van der Waals surface area contributed by atoms with Gasteiger partial charge in [-0.3, -0.25) is 0 Å². The summed E-state index contributed by atoms with van der Waals surface area (Å²) in [4.78, 5) is 8.80. The van der Waals surface area contributed by atoms with Gasteiger partial charge in [0.15, 0.2) is 0 Å². The van der Waals surface area contributed by atoms with Crippen molar-refractivity contribution in [1.29, 1.82) is 0 Å². The van der Waals surface area contributed by atoms with Crippen LogP contribution in [0.2, 0.25) is 0 Å². The third kappa shape index (κ3) is 2.48. The van der Waals surface area contributed by atoms with E-state index in [1.54, 1.807) is 6.20 Å². The third-order valence-corrected chi connectivity index (χ3v) is 3.87. The molecule has 3 rings (SSSR count). The molecule has 100 valence electrons. The highest BCUT2D eigenvalue weighted by Crippen LogP contribution is 2.27. The number of nitrogens with one attached hydrogen (secondary N) is 1. The second-order valence-corrected chi connectivity index (χ2v) is 5.34. The van der Waals surface area contributed by atoms with Crippen LogP contribution in [0.15, 0.2) is 18.3 Å². The van der Waals surface area contributed by atoms with Gasteiger partial charge in [-0.25, -0.2) is 9.97 Å². The summed E-state index contributed by atoms with van der Waals surface area (Å²) in [6.45, 7) is 1.88. The Morgan fingerprint density at radius 1 is 1.21 bits per heavy atom. The smallest absolute Gasteiger partial charge is 0.223 e. The number of aromatic hydroxyl groups is 1. The Labute approximate surface area is 112 Å². The standard InChI is InChI=1S/C15H19N3O/c1-10-7-8-11-9-16-15(18-13(11)14(10)19)17-12-5-3-2-4-6-12/h7-9,12,19H,2-6H2,1H3,(H,16,17,18). The van der Waals surface area contributed by atoms with Gasteiger partial charge in [0.05, 0.1) is 0 Å². The molecule has 4 nitrogen and oxygen atoms in total. The summed E-state index contributed by atoms with van der Waals surface area (Å²) < 4.78 is 0. The third-order valence-electron chi connectivity index (χ3n) is 3.87. The summed E-state index contributed by atoms with van der Waals surface area (Å²) in [5.74, 6) is 0.881. The summed E-state index contributed by atoms with van der Waals surface area (Å²) in [5.41, 5.74) is 1.48. The molecular weight excluding hydrogens is 238 g/mol. The molecule has 1 saturated carbocycles. The van der Waals surface area contributed by atoms with E-state index in [9.17, 15) is 5.11 Å². The topological polar surface area (TPSA) is 58.0 Å². The molecule has 0 aliphatic heterocycles. The number of nitrogens with zero attached hydrogens (tertiary/aromatic N) is 2. The molecule has 4 heteroatoms. The van der Waals surface area contributed by atoms with Gasteiger partial charge in [0, 0.05) is 17.6 Å². The normalized spacial score (nSPS) is 16.7. The number of benzene rings is 1. The van der Waals surface area contributed by atoms with Crippen LogP contribution in [0.4, 0.5) is 5.95 Å². The summed E-state index contributed by atoms with van der Waals surface area (Å²) in [5, 5.41) is 14.3. The SMILES string of the molecule is Cc1ccc2cnc(NC3CCCCC3)nc2c1O. The van der Waals surface area contributed by atoms with Crippen molar-refractivity contribution in [3.05, 3.63) is 23.9 Å². The maximum absolute atomic E-state index is 10.1. The van der Waals surface area contributed by atoms with E-state index in [1.807, 2.05) is 19.1 Å². The van der Waals surface area contributed by atoms with E-state index in [4.69, 9.17) is 0 Å². The van der Waals surface area contributed by atoms with Crippen LogP contribution < -0.4 is 5.32 Å². The average Bonchev–Trinajstić information content (AvgIpc) is 2.45. The highest BCUT2D eigenvalue weighted by atomic mass is 16.3. The molecule has 0 bridgehead atoms. The van der Waals surface area contributed by atoms with Gasteiger partial charge in [-0.2, -0.15) is 0 Å². The van der Waals surface area contributed by atoms with Crippen molar-refractivity contribution >= 4 is 16.9 Å². The van der Waals surface area contributed by atoms with Crippen LogP contribution in [-0.2, 0) is 0 Å². The zero-order chi connectivity index (χ0) is 13.2.